The Bertz CT molecular complexity index is 529. The van der Waals surface area contributed by atoms with E-state index in [-0.39, 0.29) is 0 Å². The van der Waals surface area contributed by atoms with Gasteiger partial charge in [-0.3, -0.25) is 0 Å². The number of benzene rings is 2. The highest BCUT2D eigenvalue weighted by molar-refractivity contribution is 7.97. The van der Waals surface area contributed by atoms with Crippen LogP contribution in [0.25, 0.3) is 11.1 Å². The van der Waals surface area contributed by atoms with Gasteiger partial charge in [0.15, 0.2) is 0 Å². The summed E-state index contributed by atoms with van der Waals surface area (Å²) in [6.07, 6.45) is 2.08. The average molecular weight is 298 g/mol. The summed E-state index contributed by atoms with van der Waals surface area (Å²) in [6, 6.07) is 11.7. The molecule has 0 spiro atoms. The maximum atomic E-state index is 6.20. The predicted octanol–water partition coefficient (Wildman–Crippen LogP) is 5.11. The van der Waals surface area contributed by atoms with Gasteiger partial charge >= 0.3 is 0 Å². The van der Waals surface area contributed by atoms with E-state index >= 15 is 0 Å². The van der Waals surface area contributed by atoms with Gasteiger partial charge in [0.2, 0.25) is 0 Å². The molecule has 0 aliphatic carbocycles. The van der Waals surface area contributed by atoms with Gasteiger partial charge in [0, 0.05) is 17.0 Å². The number of nitrogens with two attached hydrogens (primary N) is 1. The van der Waals surface area contributed by atoms with Gasteiger partial charge in [-0.15, -0.1) is 0 Å². The van der Waals surface area contributed by atoms with Gasteiger partial charge in [0.05, 0.1) is 10.0 Å². The van der Waals surface area contributed by atoms with E-state index in [9.17, 15) is 0 Å². The summed E-state index contributed by atoms with van der Waals surface area (Å²) in [5, 5.41) is 1.16. The Labute approximate surface area is 121 Å². The van der Waals surface area contributed by atoms with Crippen LogP contribution in [-0.2, 0) is 5.75 Å². The lowest BCUT2D eigenvalue weighted by Gasteiger charge is -2.09. The van der Waals surface area contributed by atoms with E-state index in [1.807, 2.05) is 12.1 Å². The minimum Gasteiger partial charge on any atom is -0.399 e. The van der Waals surface area contributed by atoms with Crippen molar-refractivity contribution in [3.05, 3.63) is 52.0 Å². The molecule has 94 valence electrons. The Morgan fingerprint density at radius 1 is 1.06 bits per heavy atom. The molecule has 0 saturated heterocycles. The minimum absolute atomic E-state index is 0.577. The summed E-state index contributed by atoms with van der Waals surface area (Å²) < 4.78 is 0. The Morgan fingerprint density at radius 2 is 1.61 bits per heavy atom. The zero-order chi connectivity index (χ0) is 13.1. The third kappa shape index (κ3) is 2.94. The molecular weight excluding hydrogens is 285 g/mol. The maximum absolute atomic E-state index is 6.20. The van der Waals surface area contributed by atoms with Crippen molar-refractivity contribution < 1.29 is 0 Å². The number of nitrogen functional groups attached to an aromatic ring is 1. The van der Waals surface area contributed by atoms with Crippen LogP contribution in [0.5, 0.6) is 0 Å². The van der Waals surface area contributed by atoms with Gasteiger partial charge in [-0.2, -0.15) is 11.8 Å². The van der Waals surface area contributed by atoms with Crippen molar-refractivity contribution >= 4 is 40.7 Å². The lowest BCUT2D eigenvalue weighted by Crippen LogP contribution is -1.88. The quantitative estimate of drug-likeness (QED) is 0.797. The van der Waals surface area contributed by atoms with Gasteiger partial charge in [-0.05, 0) is 29.5 Å². The molecule has 0 aromatic heterocycles. The Hall–Kier alpha value is -0.830. The van der Waals surface area contributed by atoms with Crippen LogP contribution in [0, 0.1) is 0 Å². The fraction of sp³-hybridized carbons (Fsp3) is 0.143. The lowest BCUT2D eigenvalue weighted by molar-refractivity contribution is 1.42. The number of halogens is 2. The summed E-state index contributed by atoms with van der Waals surface area (Å²) in [5.41, 5.74) is 9.41. The minimum atomic E-state index is 0.577. The Kier molecular flexibility index (Phi) is 4.44. The smallest absolute Gasteiger partial charge is 0.0519 e. The normalized spacial score (nSPS) is 10.6. The lowest BCUT2D eigenvalue weighted by atomic mass is 10.0. The zero-order valence-corrected chi connectivity index (χ0v) is 12.2. The third-order valence-corrected chi connectivity index (χ3v) is 3.84. The number of thioether (sulfide) groups is 1. The molecule has 0 saturated carbocycles. The van der Waals surface area contributed by atoms with E-state index < -0.39 is 0 Å². The van der Waals surface area contributed by atoms with Crippen LogP contribution in [0.1, 0.15) is 5.56 Å². The summed E-state index contributed by atoms with van der Waals surface area (Å²) in [4.78, 5) is 0. The molecule has 0 unspecified atom stereocenters. The van der Waals surface area contributed by atoms with E-state index in [0.29, 0.717) is 15.7 Å². The van der Waals surface area contributed by atoms with Crippen molar-refractivity contribution in [1.29, 1.82) is 0 Å². The van der Waals surface area contributed by atoms with Crippen LogP contribution in [0.3, 0.4) is 0 Å². The molecule has 0 aliphatic rings. The molecule has 2 N–H and O–H groups in total. The molecule has 2 rings (SSSR count). The van der Waals surface area contributed by atoms with Gasteiger partial charge in [-0.1, -0.05) is 47.5 Å². The molecule has 4 heteroatoms. The standard InChI is InChI=1S/C14H13Cl2NS/c1-18-8-9-2-4-10(5-3-9)14-12(15)6-11(17)7-13(14)16/h2-7H,8,17H2,1H3. The highest BCUT2D eigenvalue weighted by Gasteiger charge is 2.09. The monoisotopic (exact) mass is 297 g/mol. The average Bonchev–Trinajstić information content (AvgIpc) is 2.30. The topological polar surface area (TPSA) is 26.0 Å². The van der Waals surface area contributed by atoms with Crippen LogP contribution in [-0.4, -0.2) is 6.26 Å². The summed E-state index contributed by atoms with van der Waals surface area (Å²) in [5.74, 6) is 1.00. The third-order valence-electron chi connectivity index (χ3n) is 2.62. The van der Waals surface area contributed by atoms with Crippen LogP contribution < -0.4 is 5.73 Å². The number of anilines is 1. The maximum Gasteiger partial charge on any atom is 0.0519 e. The summed E-state index contributed by atoms with van der Waals surface area (Å²) in [6.45, 7) is 0. The van der Waals surface area contributed by atoms with Crippen LogP contribution in [0.4, 0.5) is 5.69 Å². The number of hydrogen-bond acceptors (Lipinski definition) is 2. The van der Waals surface area contributed by atoms with E-state index in [1.165, 1.54) is 5.56 Å². The molecular formula is C14H13Cl2NS. The largest absolute Gasteiger partial charge is 0.399 e. The van der Waals surface area contributed by atoms with Gasteiger partial charge in [0.1, 0.15) is 0 Å². The van der Waals surface area contributed by atoms with Crippen molar-refractivity contribution in [1.82, 2.24) is 0 Å². The molecule has 0 bridgehead atoms. The second kappa shape index (κ2) is 5.87. The summed E-state index contributed by atoms with van der Waals surface area (Å²) in [7, 11) is 0. The molecule has 0 amide bonds. The van der Waals surface area contributed by atoms with Crippen molar-refractivity contribution in [2.75, 3.05) is 12.0 Å². The first kappa shape index (κ1) is 13.6. The van der Waals surface area contributed by atoms with Gasteiger partial charge in [0.25, 0.3) is 0 Å². The van der Waals surface area contributed by atoms with E-state index in [0.717, 1.165) is 16.9 Å². The van der Waals surface area contributed by atoms with Crippen LogP contribution in [0.2, 0.25) is 10.0 Å². The first-order chi connectivity index (χ1) is 8.61. The van der Waals surface area contributed by atoms with Gasteiger partial charge < -0.3 is 5.73 Å². The van der Waals surface area contributed by atoms with Crippen molar-refractivity contribution in [2.24, 2.45) is 0 Å². The molecule has 0 aliphatic heterocycles. The highest BCUT2D eigenvalue weighted by Crippen LogP contribution is 2.36. The Balaban J connectivity index is 2.42. The molecule has 2 aromatic carbocycles. The van der Waals surface area contributed by atoms with Crippen molar-refractivity contribution in [2.45, 2.75) is 5.75 Å². The second-order valence-electron chi connectivity index (χ2n) is 3.99. The van der Waals surface area contributed by atoms with E-state index in [2.05, 4.69) is 18.4 Å². The molecule has 0 fully saturated rings. The highest BCUT2D eigenvalue weighted by atomic mass is 35.5. The molecule has 2 aromatic rings. The number of hydrogen-bond donors (Lipinski definition) is 1. The van der Waals surface area contributed by atoms with E-state index in [4.69, 9.17) is 28.9 Å². The molecule has 0 radical (unpaired) electrons. The molecule has 18 heavy (non-hydrogen) atoms. The first-order valence-corrected chi connectivity index (χ1v) is 7.59. The van der Waals surface area contributed by atoms with Crippen molar-refractivity contribution in [3.63, 3.8) is 0 Å². The fourth-order valence-corrected chi connectivity index (χ4v) is 3.05. The fourth-order valence-electron chi connectivity index (χ4n) is 1.80. The molecule has 1 nitrogen and oxygen atoms in total. The first-order valence-electron chi connectivity index (χ1n) is 5.44. The van der Waals surface area contributed by atoms with Gasteiger partial charge in [-0.25, -0.2) is 0 Å². The van der Waals surface area contributed by atoms with E-state index in [1.54, 1.807) is 23.9 Å². The SMILES string of the molecule is CSCc1ccc(-c2c(Cl)cc(N)cc2Cl)cc1. The molecule has 0 heterocycles. The zero-order valence-electron chi connectivity index (χ0n) is 9.91. The predicted molar refractivity (Wildman–Crippen MR) is 83.5 cm³/mol. The van der Waals surface area contributed by atoms with Crippen LogP contribution >= 0.6 is 35.0 Å². The summed E-state index contributed by atoms with van der Waals surface area (Å²) >= 11 is 14.2. The number of rotatable bonds is 3. The Morgan fingerprint density at radius 3 is 2.11 bits per heavy atom. The molecule has 0 atom stereocenters. The van der Waals surface area contributed by atoms with Crippen LogP contribution in [0.15, 0.2) is 36.4 Å². The van der Waals surface area contributed by atoms with Crippen molar-refractivity contribution in [3.8, 4) is 11.1 Å². The second-order valence-corrected chi connectivity index (χ2v) is 5.67.